The minimum absolute atomic E-state index is 0.252. The summed E-state index contributed by atoms with van der Waals surface area (Å²) in [5.74, 6) is -2.49. The van der Waals surface area contributed by atoms with Crippen molar-refractivity contribution in [2.75, 3.05) is 11.9 Å². The van der Waals surface area contributed by atoms with Crippen molar-refractivity contribution in [3.8, 4) is 0 Å². The van der Waals surface area contributed by atoms with E-state index in [9.17, 15) is 13.6 Å². The molecular weight excluding hydrogens is 264 g/mol. The topological polar surface area (TPSA) is 40.5 Å². The minimum Gasteiger partial charge on any atom is -0.478 e. The Labute approximate surface area is 115 Å². The highest BCUT2D eigenvalue weighted by molar-refractivity contribution is 5.94. The van der Waals surface area contributed by atoms with E-state index < -0.39 is 11.8 Å². The van der Waals surface area contributed by atoms with Crippen molar-refractivity contribution >= 4 is 11.7 Å². The van der Waals surface area contributed by atoms with Gasteiger partial charge in [0.05, 0.1) is 5.69 Å². The SMILES string of the molecule is CN(Cc1cccc(F)c1)c1cccc(F)c1C(=O)O. The summed E-state index contributed by atoms with van der Waals surface area (Å²) in [5.41, 5.74) is 0.543. The van der Waals surface area contributed by atoms with Crippen LogP contribution in [0.5, 0.6) is 0 Å². The average molecular weight is 277 g/mol. The zero-order valence-electron chi connectivity index (χ0n) is 10.8. The van der Waals surface area contributed by atoms with E-state index in [-0.39, 0.29) is 23.6 Å². The lowest BCUT2D eigenvalue weighted by Gasteiger charge is -2.21. The van der Waals surface area contributed by atoms with Gasteiger partial charge in [0, 0.05) is 13.6 Å². The summed E-state index contributed by atoms with van der Waals surface area (Å²) in [4.78, 5) is 12.7. The largest absolute Gasteiger partial charge is 0.478 e. The van der Waals surface area contributed by atoms with Crippen LogP contribution in [0.1, 0.15) is 15.9 Å². The zero-order chi connectivity index (χ0) is 14.7. The summed E-state index contributed by atoms with van der Waals surface area (Å²) in [5, 5.41) is 9.08. The van der Waals surface area contributed by atoms with Crippen LogP contribution in [-0.4, -0.2) is 18.1 Å². The standard InChI is InChI=1S/C15H13F2NO2/c1-18(9-10-4-2-5-11(16)8-10)13-7-3-6-12(17)14(13)15(19)20/h2-8H,9H2,1H3,(H,19,20). The van der Waals surface area contributed by atoms with Crippen molar-refractivity contribution in [3.63, 3.8) is 0 Å². The number of hydrogen-bond acceptors (Lipinski definition) is 2. The Hall–Kier alpha value is -2.43. The van der Waals surface area contributed by atoms with Crippen LogP contribution < -0.4 is 4.90 Å². The molecule has 0 saturated carbocycles. The van der Waals surface area contributed by atoms with Gasteiger partial charge in [-0.1, -0.05) is 18.2 Å². The van der Waals surface area contributed by atoms with Crippen LogP contribution in [0.25, 0.3) is 0 Å². The fourth-order valence-electron chi connectivity index (χ4n) is 2.04. The van der Waals surface area contributed by atoms with E-state index in [0.29, 0.717) is 5.56 Å². The Morgan fingerprint density at radius 2 is 1.90 bits per heavy atom. The van der Waals surface area contributed by atoms with Crippen molar-refractivity contribution in [2.45, 2.75) is 6.54 Å². The van der Waals surface area contributed by atoms with Crippen LogP contribution >= 0.6 is 0 Å². The second-order valence-corrected chi connectivity index (χ2v) is 4.43. The highest BCUT2D eigenvalue weighted by atomic mass is 19.1. The van der Waals surface area contributed by atoms with E-state index in [4.69, 9.17) is 5.11 Å². The minimum atomic E-state index is -1.33. The van der Waals surface area contributed by atoms with Gasteiger partial charge >= 0.3 is 5.97 Å². The molecule has 0 saturated heterocycles. The zero-order valence-corrected chi connectivity index (χ0v) is 10.8. The summed E-state index contributed by atoms with van der Waals surface area (Å²) < 4.78 is 26.7. The second-order valence-electron chi connectivity index (χ2n) is 4.43. The molecule has 0 heterocycles. The van der Waals surface area contributed by atoms with E-state index >= 15 is 0 Å². The highest BCUT2D eigenvalue weighted by Crippen LogP contribution is 2.24. The highest BCUT2D eigenvalue weighted by Gasteiger charge is 2.18. The predicted molar refractivity (Wildman–Crippen MR) is 71.9 cm³/mol. The summed E-state index contributed by atoms with van der Waals surface area (Å²) in [6, 6.07) is 10.0. The lowest BCUT2D eigenvalue weighted by atomic mass is 10.1. The number of rotatable bonds is 4. The molecule has 0 spiro atoms. The lowest BCUT2D eigenvalue weighted by molar-refractivity contribution is 0.0692. The number of hydrogen-bond donors (Lipinski definition) is 1. The van der Waals surface area contributed by atoms with Crippen LogP contribution in [-0.2, 0) is 6.54 Å². The Balaban J connectivity index is 2.32. The van der Waals surface area contributed by atoms with Crippen molar-refractivity contribution in [2.24, 2.45) is 0 Å². The number of carboxylic acid groups (broad SMARTS) is 1. The molecule has 0 aromatic heterocycles. The Morgan fingerprint density at radius 3 is 2.55 bits per heavy atom. The van der Waals surface area contributed by atoms with Crippen LogP contribution in [0, 0.1) is 11.6 Å². The molecule has 104 valence electrons. The first-order chi connectivity index (χ1) is 9.49. The molecule has 0 unspecified atom stereocenters. The fraction of sp³-hybridized carbons (Fsp3) is 0.133. The van der Waals surface area contributed by atoms with Crippen molar-refractivity contribution in [1.82, 2.24) is 0 Å². The molecule has 2 aromatic rings. The van der Waals surface area contributed by atoms with Gasteiger partial charge in [-0.05, 0) is 29.8 Å². The molecule has 2 aromatic carbocycles. The van der Waals surface area contributed by atoms with E-state index in [1.54, 1.807) is 24.1 Å². The number of nitrogens with zero attached hydrogens (tertiary/aromatic N) is 1. The first-order valence-corrected chi connectivity index (χ1v) is 5.96. The molecule has 0 aliphatic carbocycles. The summed E-state index contributed by atoms with van der Waals surface area (Å²) in [6.45, 7) is 0.279. The first kappa shape index (κ1) is 14.0. The number of carboxylic acids is 1. The molecule has 0 amide bonds. The third kappa shape index (κ3) is 2.93. The molecule has 1 N–H and O–H groups in total. The Kier molecular flexibility index (Phi) is 3.98. The van der Waals surface area contributed by atoms with Gasteiger partial charge < -0.3 is 10.0 Å². The molecule has 3 nitrogen and oxygen atoms in total. The summed E-state index contributed by atoms with van der Waals surface area (Å²) in [7, 11) is 1.63. The van der Waals surface area contributed by atoms with Gasteiger partial charge in [-0.15, -0.1) is 0 Å². The van der Waals surface area contributed by atoms with Gasteiger partial charge in [-0.3, -0.25) is 0 Å². The van der Waals surface area contributed by atoms with Gasteiger partial charge in [0.1, 0.15) is 17.2 Å². The summed E-state index contributed by atoms with van der Waals surface area (Å²) in [6.07, 6.45) is 0. The van der Waals surface area contributed by atoms with Crippen LogP contribution in [0.3, 0.4) is 0 Å². The fourth-order valence-corrected chi connectivity index (χ4v) is 2.04. The second kappa shape index (κ2) is 5.69. The van der Waals surface area contributed by atoms with Crippen molar-refractivity contribution < 1.29 is 18.7 Å². The molecule has 2 rings (SSSR count). The van der Waals surface area contributed by atoms with Gasteiger partial charge in [-0.2, -0.15) is 0 Å². The predicted octanol–water partition coefficient (Wildman–Crippen LogP) is 3.30. The van der Waals surface area contributed by atoms with Crippen LogP contribution in [0.15, 0.2) is 42.5 Å². The number of benzene rings is 2. The maximum atomic E-state index is 13.6. The van der Waals surface area contributed by atoms with E-state index in [2.05, 4.69) is 0 Å². The maximum absolute atomic E-state index is 13.6. The number of carbonyl (C=O) groups is 1. The third-order valence-corrected chi connectivity index (χ3v) is 2.93. The molecule has 0 radical (unpaired) electrons. The Morgan fingerprint density at radius 1 is 1.20 bits per heavy atom. The monoisotopic (exact) mass is 277 g/mol. The van der Waals surface area contributed by atoms with E-state index in [1.165, 1.54) is 24.3 Å². The maximum Gasteiger partial charge on any atom is 0.340 e. The molecule has 0 aliphatic heterocycles. The smallest absolute Gasteiger partial charge is 0.340 e. The van der Waals surface area contributed by atoms with Crippen molar-refractivity contribution in [3.05, 3.63) is 65.2 Å². The number of halogens is 2. The van der Waals surface area contributed by atoms with Gasteiger partial charge in [-0.25, -0.2) is 13.6 Å². The van der Waals surface area contributed by atoms with E-state index in [1.807, 2.05) is 0 Å². The Bertz CT molecular complexity index is 644. The van der Waals surface area contributed by atoms with Gasteiger partial charge in [0.2, 0.25) is 0 Å². The van der Waals surface area contributed by atoms with Crippen LogP contribution in [0.2, 0.25) is 0 Å². The quantitative estimate of drug-likeness (QED) is 0.932. The third-order valence-electron chi connectivity index (χ3n) is 2.93. The molecule has 0 aliphatic rings. The molecule has 5 heteroatoms. The molecular formula is C15H13F2NO2. The average Bonchev–Trinajstić information content (AvgIpc) is 2.37. The number of aromatic carboxylic acids is 1. The first-order valence-electron chi connectivity index (χ1n) is 5.96. The van der Waals surface area contributed by atoms with E-state index in [0.717, 1.165) is 6.07 Å². The number of anilines is 1. The molecule has 0 bridgehead atoms. The van der Waals surface area contributed by atoms with Gasteiger partial charge in [0.15, 0.2) is 0 Å². The molecule has 0 fully saturated rings. The molecule has 0 atom stereocenters. The summed E-state index contributed by atoms with van der Waals surface area (Å²) >= 11 is 0. The molecule has 20 heavy (non-hydrogen) atoms. The lowest BCUT2D eigenvalue weighted by Crippen LogP contribution is -2.20. The normalized spacial score (nSPS) is 10.3. The van der Waals surface area contributed by atoms with Gasteiger partial charge in [0.25, 0.3) is 0 Å². The van der Waals surface area contributed by atoms with Crippen molar-refractivity contribution in [1.29, 1.82) is 0 Å². The van der Waals surface area contributed by atoms with Crippen LogP contribution in [0.4, 0.5) is 14.5 Å².